The van der Waals surface area contributed by atoms with Crippen molar-refractivity contribution < 1.29 is 14.6 Å². The van der Waals surface area contributed by atoms with E-state index in [0.717, 1.165) is 0 Å². The first-order valence-corrected chi connectivity index (χ1v) is 6.25. The van der Waals surface area contributed by atoms with E-state index in [4.69, 9.17) is 9.47 Å². The lowest BCUT2D eigenvalue weighted by atomic mass is 10.0. The van der Waals surface area contributed by atoms with Crippen LogP contribution in [0.2, 0.25) is 0 Å². The van der Waals surface area contributed by atoms with Gasteiger partial charge in [-0.3, -0.25) is 0 Å². The van der Waals surface area contributed by atoms with Crippen molar-refractivity contribution in [3.63, 3.8) is 0 Å². The summed E-state index contributed by atoms with van der Waals surface area (Å²) in [6, 6.07) is 3.70. The van der Waals surface area contributed by atoms with E-state index in [0.29, 0.717) is 37.7 Å². The lowest BCUT2D eigenvalue weighted by molar-refractivity contribution is 0.0381. The molecule has 1 aromatic heterocycles. The van der Waals surface area contributed by atoms with Crippen LogP contribution in [0.5, 0.6) is 5.75 Å². The number of nitrogens with zero attached hydrogens (tertiary/aromatic N) is 1. The zero-order chi connectivity index (χ0) is 13.0. The van der Waals surface area contributed by atoms with Crippen LogP contribution in [0.4, 0.5) is 5.82 Å². The summed E-state index contributed by atoms with van der Waals surface area (Å²) < 4.78 is 10.9. The predicted octanol–water partition coefficient (Wildman–Crippen LogP) is 1.43. The van der Waals surface area contributed by atoms with Crippen LogP contribution >= 0.6 is 0 Å². The first-order valence-electron chi connectivity index (χ1n) is 6.25. The van der Waals surface area contributed by atoms with Crippen molar-refractivity contribution in [3.05, 3.63) is 18.3 Å². The molecule has 1 aliphatic rings. The molecule has 0 aliphatic carbocycles. The quantitative estimate of drug-likeness (QED) is 0.830. The molecule has 100 valence electrons. The van der Waals surface area contributed by atoms with Crippen molar-refractivity contribution >= 4 is 5.82 Å². The number of ether oxygens (including phenoxy) is 2. The Bertz CT molecular complexity index is 390. The Kier molecular flexibility index (Phi) is 4.04. The normalized spacial score (nSPS) is 23.3. The maximum atomic E-state index is 10.2. The predicted molar refractivity (Wildman–Crippen MR) is 68.9 cm³/mol. The number of hydrogen-bond donors (Lipinski definition) is 2. The van der Waals surface area contributed by atoms with E-state index in [1.807, 2.05) is 26.0 Å². The molecule has 1 aromatic rings. The van der Waals surface area contributed by atoms with Gasteiger partial charge < -0.3 is 19.9 Å². The van der Waals surface area contributed by atoms with Gasteiger partial charge in [-0.25, -0.2) is 4.98 Å². The molecule has 1 aliphatic heterocycles. The van der Waals surface area contributed by atoms with Gasteiger partial charge in [0.05, 0.1) is 12.7 Å². The summed E-state index contributed by atoms with van der Waals surface area (Å²) in [6.07, 6.45) is 2.44. The Hall–Kier alpha value is -1.33. The van der Waals surface area contributed by atoms with Gasteiger partial charge in [-0.05, 0) is 26.0 Å². The second-order valence-corrected chi connectivity index (χ2v) is 4.90. The van der Waals surface area contributed by atoms with Crippen LogP contribution < -0.4 is 10.1 Å². The lowest BCUT2D eigenvalue weighted by Gasteiger charge is -2.22. The molecule has 1 saturated heterocycles. The van der Waals surface area contributed by atoms with E-state index in [2.05, 4.69) is 10.3 Å². The number of aromatic nitrogens is 1. The number of nitrogens with one attached hydrogen (secondary N) is 1. The Morgan fingerprint density at radius 1 is 1.61 bits per heavy atom. The summed E-state index contributed by atoms with van der Waals surface area (Å²) >= 11 is 0. The van der Waals surface area contributed by atoms with Gasteiger partial charge in [0.1, 0.15) is 5.60 Å². The first-order chi connectivity index (χ1) is 8.59. The summed E-state index contributed by atoms with van der Waals surface area (Å²) in [5, 5.41) is 13.3. The second kappa shape index (κ2) is 5.54. The van der Waals surface area contributed by atoms with Gasteiger partial charge in [-0.15, -0.1) is 0 Å². The van der Waals surface area contributed by atoms with E-state index in [-0.39, 0.29) is 6.10 Å². The molecular weight excluding hydrogens is 232 g/mol. The lowest BCUT2D eigenvalue weighted by Crippen LogP contribution is -2.37. The van der Waals surface area contributed by atoms with Gasteiger partial charge in [-0.1, -0.05) is 0 Å². The van der Waals surface area contributed by atoms with Crippen molar-refractivity contribution in [2.75, 3.05) is 25.1 Å². The smallest absolute Gasteiger partial charge is 0.168 e. The summed E-state index contributed by atoms with van der Waals surface area (Å²) in [5.74, 6) is 1.36. The molecule has 0 amide bonds. The molecule has 2 N–H and O–H groups in total. The fourth-order valence-corrected chi connectivity index (χ4v) is 1.86. The van der Waals surface area contributed by atoms with Crippen molar-refractivity contribution in [1.82, 2.24) is 4.98 Å². The topological polar surface area (TPSA) is 63.6 Å². The highest BCUT2D eigenvalue weighted by atomic mass is 16.5. The van der Waals surface area contributed by atoms with Crippen LogP contribution in [0.25, 0.3) is 0 Å². The van der Waals surface area contributed by atoms with Gasteiger partial charge in [0, 0.05) is 25.8 Å². The molecule has 5 nitrogen and oxygen atoms in total. The minimum Gasteiger partial charge on any atom is -0.487 e. The minimum absolute atomic E-state index is 0.0904. The summed E-state index contributed by atoms with van der Waals surface area (Å²) in [7, 11) is 0. The van der Waals surface area contributed by atoms with Crippen LogP contribution in [-0.4, -0.2) is 41.6 Å². The molecule has 0 bridgehead atoms. The summed E-state index contributed by atoms with van der Waals surface area (Å²) in [5.41, 5.74) is -0.799. The molecule has 0 aromatic carbocycles. The fourth-order valence-electron chi connectivity index (χ4n) is 1.86. The largest absolute Gasteiger partial charge is 0.487 e. The number of anilines is 1. The Morgan fingerprint density at radius 3 is 3.11 bits per heavy atom. The van der Waals surface area contributed by atoms with Crippen LogP contribution in [0, 0.1) is 0 Å². The second-order valence-electron chi connectivity index (χ2n) is 4.90. The molecule has 1 atom stereocenters. The number of rotatable bonds is 5. The average Bonchev–Trinajstić information content (AvgIpc) is 2.75. The third-order valence-electron chi connectivity index (χ3n) is 2.80. The van der Waals surface area contributed by atoms with Crippen LogP contribution in [0.15, 0.2) is 18.3 Å². The van der Waals surface area contributed by atoms with Crippen LogP contribution in [0.1, 0.15) is 20.3 Å². The SMILES string of the molecule is CC(C)Oc1cccnc1NCC1(O)CCOC1. The third kappa shape index (κ3) is 3.34. The van der Waals surface area contributed by atoms with Gasteiger partial charge >= 0.3 is 0 Å². The van der Waals surface area contributed by atoms with Gasteiger partial charge in [0.15, 0.2) is 11.6 Å². The zero-order valence-electron chi connectivity index (χ0n) is 10.8. The van der Waals surface area contributed by atoms with E-state index in [9.17, 15) is 5.11 Å². The molecule has 1 fully saturated rings. The molecule has 0 radical (unpaired) electrons. The first kappa shape index (κ1) is 13.1. The van der Waals surface area contributed by atoms with Crippen molar-refractivity contribution in [1.29, 1.82) is 0 Å². The van der Waals surface area contributed by atoms with E-state index >= 15 is 0 Å². The third-order valence-corrected chi connectivity index (χ3v) is 2.80. The van der Waals surface area contributed by atoms with E-state index in [1.165, 1.54) is 0 Å². The molecule has 1 unspecified atom stereocenters. The van der Waals surface area contributed by atoms with E-state index in [1.54, 1.807) is 6.20 Å². The maximum Gasteiger partial charge on any atom is 0.168 e. The highest BCUT2D eigenvalue weighted by Crippen LogP contribution is 2.24. The molecular formula is C13H20N2O3. The zero-order valence-corrected chi connectivity index (χ0v) is 10.8. The fraction of sp³-hybridized carbons (Fsp3) is 0.615. The van der Waals surface area contributed by atoms with Crippen molar-refractivity contribution in [3.8, 4) is 5.75 Å². The number of hydrogen-bond acceptors (Lipinski definition) is 5. The highest BCUT2D eigenvalue weighted by Gasteiger charge is 2.32. The molecule has 5 heteroatoms. The van der Waals surface area contributed by atoms with Crippen LogP contribution in [-0.2, 0) is 4.74 Å². The molecule has 0 spiro atoms. The Morgan fingerprint density at radius 2 is 2.44 bits per heavy atom. The number of pyridine rings is 1. The molecule has 2 rings (SSSR count). The summed E-state index contributed by atoms with van der Waals surface area (Å²) in [6.45, 7) is 5.33. The number of aliphatic hydroxyl groups is 1. The van der Waals surface area contributed by atoms with Gasteiger partial charge in [0.25, 0.3) is 0 Å². The monoisotopic (exact) mass is 252 g/mol. The van der Waals surface area contributed by atoms with Crippen LogP contribution in [0.3, 0.4) is 0 Å². The average molecular weight is 252 g/mol. The van der Waals surface area contributed by atoms with Crippen molar-refractivity contribution in [2.45, 2.75) is 32.0 Å². The Labute approximate surface area is 107 Å². The maximum absolute atomic E-state index is 10.2. The standard InChI is InChI=1S/C13H20N2O3/c1-10(2)18-11-4-3-6-14-12(11)15-8-13(16)5-7-17-9-13/h3-4,6,10,16H,5,7-9H2,1-2H3,(H,14,15). The molecule has 18 heavy (non-hydrogen) atoms. The van der Waals surface area contributed by atoms with Gasteiger partial charge in [-0.2, -0.15) is 0 Å². The highest BCUT2D eigenvalue weighted by molar-refractivity contribution is 5.49. The minimum atomic E-state index is -0.799. The van der Waals surface area contributed by atoms with Gasteiger partial charge in [0.2, 0.25) is 0 Å². The van der Waals surface area contributed by atoms with E-state index < -0.39 is 5.60 Å². The molecule has 2 heterocycles. The Balaban J connectivity index is 2.00. The molecule has 0 saturated carbocycles. The summed E-state index contributed by atoms with van der Waals surface area (Å²) in [4.78, 5) is 4.24. The van der Waals surface area contributed by atoms with Crippen molar-refractivity contribution in [2.24, 2.45) is 0 Å².